The molecule has 0 spiro atoms. The molecule has 1 aliphatic heterocycles. The van der Waals surface area contributed by atoms with Crippen LogP contribution in [0.2, 0.25) is 0 Å². The highest BCUT2D eigenvalue weighted by Crippen LogP contribution is 2.32. The molecule has 1 amide bonds. The molecule has 1 fully saturated rings. The molecule has 1 aromatic carbocycles. The number of hydrogen-bond acceptors (Lipinski definition) is 7. The van der Waals surface area contributed by atoms with E-state index in [4.69, 9.17) is 10.1 Å². The van der Waals surface area contributed by atoms with Crippen LogP contribution in [-0.4, -0.2) is 54.6 Å². The predicted molar refractivity (Wildman–Crippen MR) is 107 cm³/mol. The maximum Gasteiger partial charge on any atom is 0.278 e. The lowest BCUT2D eigenvalue weighted by Crippen LogP contribution is -2.61. The summed E-state index contributed by atoms with van der Waals surface area (Å²) in [6, 6.07) is 4.86. The lowest BCUT2D eigenvalue weighted by Gasteiger charge is -2.40. The number of carbonyl (C=O) groups excluding carboxylic acids is 1. The fraction of sp³-hybridized carbons (Fsp3) is 0.278. The Balaban J connectivity index is 1.92. The molecule has 0 bridgehead atoms. The summed E-state index contributed by atoms with van der Waals surface area (Å²) in [6.07, 6.45) is 1.25. The van der Waals surface area contributed by atoms with Gasteiger partial charge in [-0.05, 0) is 25.1 Å². The molecule has 1 aromatic heterocycles. The number of hydrogen-bond donors (Lipinski definition) is 4. The van der Waals surface area contributed by atoms with Gasteiger partial charge in [0, 0.05) is 24.4 Å². The van der Waals surface area contributed by atoms with E-state index in [1.165, 1.54) is 45.5 Å². The Morgan fingerprint density at radius 3 is 2.73 bits per heavy atom. The summed E-state index contributed by atoms with van der Waals surface area (Å²) in [5, 5.41) is 23.0. The normalized spacial score (nSPS) is 20.4. The van der Waals surface area contributed by atoms with Gasteiger partial charge in [-0.3, -0.25) is 10.2 Å². The molecule has 3 rings (SSSR count). The lowest BCUT2D eigenvalue weighted by atomic mass is 9.93. The molecule has 1 saturated heterocycles. The number of amides is 1. The minimum absolute atomic E-state index is 0.0476. The van der Waals surface area contributed by atoms with Crippen molar-refractivity contribution in [2.45, 2.75) is 12.5 Å². The maximum atomic E-state index is 14.6. The Morgan fingerprint density at radius 2 is 2.13 bits per heavy atom. The molecule has 10 nitrogen and oxygen atoms in total. The van der Waals surface area contributed by atoms with Crippen molar-refractivity contribution >= 4 is 27.6 Å². The monoisotopic (exact) mass is 437 g/mol. The number of sulfonamides is 1. The van der Waals surface area contributed by atoms with Crippen molar-refractivity contribution in [2.75, 3.05) is 25.2 Å². The summed E-state index contributed by atoms with van der Waals surface area (Å²) in [4.78, 5) is 16.3. The first-order chi connectivity index (χ1) is 14.0. The number of carbonyl (C=O) groups is 1. The summed E-state index contributed by atoms with van der Waals surface area (Å²) < 4.78 is 44.9. The van der Waals surface area contributed by atoms with Crippen LogP contribution in [0.15, 0.2) is 30.5 Å². The number of nitrogens with zero attached hydrogens (tertiary/aromatic N) is 2. The third-order valence-corrected chi connectivity index (χ3v) is 6.67. The standard InChI is InChI=1S/C18H20FN5O5S/c1-18(9-30(27,28)24(2)17(20)23-18)12-6-10(4-5-13(12)19)22-16(26)15-14(25)7-11(29-3)8-21-15/h4-8,25H,9H2,1-3H3,(H2,20,23)(H,22,26)/t18-/m0/s1. The topological polar surface area (TPSA) is 145 Å². The second-order valence-corrected chi connectivity index (χ2v) is 8.92. The van der Waals surface area contributed by atoms with E-state index in [2.05, 4.69) is 15.6 Å². The first-order valence-corrected chi connectivity index (χ1v) is 10.3. The Morgan fingerprint density at radius 1 is 1.43 bits per heavy atom. The summed E-state index contributed by atoms with van der Waals surface area (Å²) in [5.74, 6) is -2.50. The van der Waals surface area contributed by atoms with E-state index in [1.54, 1.807) is 0 Å². The second kappa shape index (κ2) is 7.44. The SMILES string of the molecule is COc1cnc(C(=O)Nc2ccc(F)c([C@]3(C)CS(=O)(=O)N(C)C(=N)N3)c2)c(O)c1. The minimum atomic E-state index is -3.84. The van der Waals surface area contributed by atoms with E-state index in [9.17, 15) is 22.7 Å². The molecule has 1 atom stereocenters. The molecule has 0 saturated carbocycles. The zero-order valence-corrected chi connectivity index (χ0v) is 17.2. The molecule has 0 aliphatic carbocycles. The molecular formula is C18H20FN5O5S. The Kier molecular flexibility index (Phi) is 5.29. The Labute approximate surface area is 172 Å². The van der Waals surface area contributed by atoms with Gasteiger partial charge in [-0.1, -0.05) is 0 Å². The van der Waals surface area contributed by atoms with Gasteiger partial charge in [-0.15, -0.1) is 0 Å². The van der Waals surface area contributed by atoms with Gasteiger partial charge >= 0.3 is 0 Å². The van der Waals surface area contributed by atoms with Crippen LogP contribution in [0.25, 0.3) is 0 Å². The highest BCUT2D eigenvalue weighted by atomic mass is 32.2. The average molecular weight is 437 g/mol. The molecule has 1 aliphatic rings. The van der Waals surface area contributed by atoms with E-state index in [-0.39, 0.29) is 22.7 Å². The van der Waals surface area contributed by atoms with Gasteiger partial charge in [0.1, 0.15) is 11.6 Å². The van der Waals surface area contributed by atoms with E-state index in [0.717, 1.165) is 10.4 Å². The van der Waals surface area contributed by atoms with Crippen LogP contribution in [0.4, 0.5) is 10.1 Å². The fourth-order valence-electron chi connectivity index (χ4n) is 3.06. The third-order valence-electron chi connectivity index (χ3n) is 4.71. The van der Waals surface area contributed by atoms with Gasteiger partial charge in [-0.25, -0.2) is 22.1 Å². The number of aromatic nitrogens is 1. The lowest BCUT2D eigenvalue weighted by molar-refractivity contribution is 0.101. The van der Waals surface area contributed by atoms with Crippen LogP contribution in [0, 0.1) is 11.2 Å². The summed E-state index contributed by atoms with van der Waals surface area (Å²) in [5.41, 5.74) is -1.60. The third kappa shape index (κ3) is 3.85. The predicted octanol–water partition coefficient (Wildman–Crippen LogP) is 1.20. The van der Waals surface area contributed by atoms with Crippen LogP contribution in [0.5, 0.6) is 11.5 Å². The maximum absolute atomic E-state index is 14.6. The van der Waals surface area contributed by atoms with Gasteiger partial charge in [0.15, 0.2) is 11.4 Å². The van der Waals surface area contributed by atoms with Crippen LogP contribution in [0.1, 0.15) is 23.0 Å². The van der Waals surface area contributed by atoms with Gasteiger partial charge in [0.2, 0.25) is 16.0 Å². The van der Waals surface area contributed by atoms with Crippen LogP contribution >= 0.6 is 0 Å². The van der Waals surface area contributed by atoms with Crippen molar-refractivity contribution in [3.8, 4) is 11.5 Å². The number of pyridine rings is 1. The molecule has 30 heavy (non-hydrogen) atoms. The molecule has 0 unspecified atom stereocenters. The quantitative estimate of drug-likeness (QED) is 0.562. The smallest absolute Gasteiger partial charge is 0.278 e. The molecule has 12 heteroatoms. The van der Waals surface area contributed by atoms with Crippen LogP contribution in [-0.2, 0) is 15.6 Å². The largest absolute Gasteiger partial charge is 0.505 e. The van der Waals surface area contributed by atoms with E-state index in [1.807, 2.05) is 0 Å². The van der Waals surface area contributed by atoms with Crippen molar-refractivity contribution in [3.05, 3.63) is 47.5 Å². The number of guanidine groups is 1. The van der Waals surface area contributed by atoms with Crippen molar-refractivity contribution in [3.63, 3.8) is 0 Å². The zero-order valence-electron chi connectivity index (χ0n) is 16.4. The van der Waals surface area contributed by atoms with E-state index in [0.29, 0.717) is 0 Å². The van der Waals surface area contributed by atoms with Crippen LogP contribution < -0.4 is 15.4 Å². The summed E-state index contributed by atoms with van der Waals surface area (Å²) in [6.45, 7) is 1.45. The number of anilines is 1. The van der Waals surface area contributed by atoms with Gasteiger partial charge in [0.25, 0.3) is 5.91 Å². The Hall–Kier alpha value is -3.41. The van der Waals surface area contributed by atoms with Crippen molar-refractivity contribution < 1.29 is 27.4 Å². The van der Waals surface area contributed by atoms with Crippen molar-refractivity contribution in [1.82, 2.24) is 14.6 Å². The number of nitrogens with one attached hydrogen (secondary N) is 3. The molecular weight excluding hydrogens is 417 g/mol. The van der Waals surface area contributed by atoms with Crippen molar-refractivity contribution in [2.24, 2.45) is 0 Å². The molecule has 0 radical (unpaired) electrons. The minimum Gasteiger partial charge on any atom is -0.505 e. The summed E-state index contributed by atoms with van der Waals surface area (Å²) >= 11 is 0. The summed E-state index contributed by atoms with van der Waals surface area (Å²) in [7, 11) is -1.23. The molecule has 2 heterocycles. The molecule has 160 valence electrons. The first kappa shape index (κ1) is 21.3. The van der Waals surface area contributed by atoms with Gasteiger partial charge < -0.3 is 20.5 Å². The number of methoxy groups -OCH3 is 1. The number of benzene rings is 1. The second-order valence-electron chi connectivity index (χ2n) is 6.92. The van der Waals surface area contributed by atoms with Gasteiger partial charge in [-0.2, -0.15) is 0 Å². The number of ether oxygens (including phenoxy) is 1. The Bertz CT molecular complexity index is 1140. The number of halogens is 1. The van der Waals surface area contributed by atoms with E-state index < -0.39 is 44.7 Å². The zero-order chi connectivity index (χ0) is 22.3. The fourth-order valence-corrected chi connectivity index (χ4v) is 4.53. The number of aromatic hydroxyl groups is 1. The molecule has 4 N–H and O–H groups in total. The highest BCUT2D eigenvalue weighted by Gasteiger charge is 2.43. The molecule has 2 aromatic rings. The highest BCUT2D eigenvalue weighted by molar-refractivity contribution is 7.89. The van der Waals surface area contributed by atoms with Crippen LogP contribution in [0.3, 0.4) is 0 Å². The van der Waals surface area contributed by atoms with Crippen molar-refractivity contribution in [1.29, 1.82) is 5.41 Å². The van der Waals surface area contributed by atoms with E-state index >= 15 is 0 Å². The van der Waals surface area contributed by atoms with Gasteiger partial charge in [0.05, 0.1) is 24.6 Å². The average Bonchev–Trinajstić information content (AvgIpc) is 2.66. The first-order valence-electron chi connectivity index (χ1n) is 8.64. The number of rotatable bonds is 4.